The molecule has 148 valence electrons. The lowest BCUT2D eigenvalue weighted by molar-refractivity contribution is -0.141. The fourth-order valence-electron chi connectivity index (χ4n) is 4.65. The predicted octanol–water partition coefficient (Wildman–Crippen LogP) is 1.31. The normalized spacial score (nSPS) is 26.6. The van der Waals surface area contributed by atoms with Crippen LogP contribution in [-0.2, 0) is 9.59 Å². The Morgan fingerprint density at radius 2 is 1.54 bits per heavy atom. The van der Waals surface area contributed by atoms with Gasteiger partial charge >= 0.3 is 0 Å². The summed E-state index contributed by atoms with van der Waals surface area (Å²) in [5, 5.41) is 3.33. The molecule has 0 radical (unpaired) electrons. The Balaban J connectivity index is 1.42. The molecule has 0 aromatic rings. The van der Waals surface area contributed by atoms with E-state index in [9.17, 15) is 9.59 Å². The van der Waals surface area contributed by atoms with Crippen LogP contribution in [0.2, 0.25) is 0 Å². The summed E-state index contributed by atoms with van der Waals surface area (Å²) in [6.45, 7) is 5.86. The average molecular weight is 365 g/mol. The van der Waals surface area contributed by atoms with Gasteiger partial charge in [-0.1, -0.05) is 12.8 Å². The molecular weight excluding hydrogens is 328 g/mol. The lowest BCUT2D eigenvalue weighted by Crippen LogP contribution is -2.50. The van der Waals surface area contributed by atoms with Gasteiger partial charge in [-0.05, 0) is 52.1 Å². The molecule has 3 aliphatic rings. The Kier molecular flexibility index (Phi) is 7.32. The van der Waals surface area contributed by atoms with Gasteiger partial charge in [0.2, 0.25) is 11.8 Å². The van der Waals surface area contributed by atoms with E-state index in [-0.39, 0.29) is 11.8 Å². The smallest absolute Gasteiger partial charge is 0.236 e. The van der Waals surface area contributed by atoms with Crippen molar-refractivity contribution in [2.75, 3.05) is 52.9 Å². The monoisotopic (exact) mass is 364 g/mol. The predicted molar refractivity (Wildman–Crippen MR) is 103 cm³/mol. The third kappa shape index (κ3) is 5.19. The van der Waals surface area contributed by atoms with Gasteiger partial charge in [0.05, 0.1) is 6.54 Å². The molecule has 0 aromatic carbocycles. The van der Waals surface area contributed by atoms with Gasteiger partial charge in [-0.2, -0.15) is 0 Å². The summed E-state index contributed by atoms with van der Waals surface area (Å²) < 4.78 is 0. The van der Waals surface area contributed by atoms with E-state index in [1.165, 1.54) is 19.3 Å². The zero-order chi connectivity index (χ0) is 18.4. The third-order valence-corrected chi connectivity index (χ3v) is 6.39. The van der Waals surface area contributed by atoms with Crippen molar-refractivity contribution in [1.82, 2.24) is 20.0 Å². The molecule has 0 bridgehead atoms. The highest BCUT2D eigenvalue weighted by molar-refractivity contribution is 5.81. The Morgan fingerprint density at radius 1 is 0.846 bits per heavy atom. The number of likely N-dealkylation sites (tertiary alicyclic amines) is 3. The minimum absolute atomic E-state index is 0.126. The number of carbonyl (C=O) groups excluding carboxylic acids is 2. The van der Waals surface area contributed by atoms with Crippen molar-refractivity contribution in [3.63, 3.8) is 0 Å². The summed E-state index contributed by atoms with van der Waals surface area (Å²) >= 11 is 0. The van der Waals surface area contributed by atoms with Gasteiger partial charge in [-0.3, -0.25) is 14.5 Å². The number of carbonyl (C=O) groups is 2. The molecule has 3 rings (SSSR count). The van der Waals surface area contributed by atoms with Crippen LogP contribution in [0.25, 0.3) is 0 Å². The maximum absolute atomic E-state index is 12.8. The number of nitrogens with one attached hydrogen (secondary N) is 1. The second-order valence-electron chi connectivity index (χ2n) is 8.26. The fraction of sp³-hybridized carbons (Fsp3) is 0.900. The average Bonchev–Trinajstić information content (AvgIpc) is 2.97. The van der Waals surface area contributed by atoms with E-state index in [1.807, 2.05) is 11.9 Å². The van der Waals surface area contributed by atoms with Crippen LogP contribution in [0.5, 0.6) is 0 Å². The van der Waals surface area contributed by atoms with Crippen LogP contribution >= 0.6 is 0 Å². The van der Waals surface area contributed by atoms with Crippen molar-refractivity contribution in [1.29, 1.82) is 0 Å². The zero-order valence-electron chi connectivity index (χ0n) is 16.4. The van der Waals surface area contributed by atoms with Crippen molar-refractivity contribution < 1.29 is 9.59 Å². The molecule has 2 amide bonds. The highest BCUT2D eigenvalue weighted by atomic mass is 16.2. The largest absolute Gasteiger partial charge is 0.342 e. The van der Waals surface area contributed by atoms with Gasteiger partial charge in [0.15, 0.2) is 0 Å². The fourth-order valence-corrected chi connectivity index (χ4v) is 4.65. The zero-order valence-corrected chi connectivity index (χ0v) is 16.4. The number of likely N-dealkylation sites (N-methyl/N-ethyl adjacent to an activating group) is 1. The van der Waals surface area contributed by atoms with Gasteiger partial charge in [0.25, 0.3) is 0 Å². The molecule has 3 fully saturated rings. The molecule has 3 aliphatic heterocycles. The molecule has 1 N–H and O–H groups in total. The summed E-state index contributed by atoms with van der Waals surface area (Å²) in [5.74, 6) is 0.704. The molecule has 0 aromatic heterocycles. The SMILES string of the molecule is CNC1CCCN(CC(=O)N2CCC(C(=O)N3CCCCCC3)CC2)C1. The first-order chi connectivity index (χ1) is 12.7. The first-order valence-electron chi connectivity index (χ1n) is 10.6. The molecule has 1 atom stereocenters. The van der Waals surface area contributed by atoms with Gasteiger partial charge < -0.3 is 15.1 Å². The van der Waals surface area contributed by atoms with E-state index < -0.39 is 0 Å². The van der Waals surface area contributed by atoms with Crippen LogP contribution in [-0.4, -0.2) is 85.4 Å². The van der Waals surface area contributed by atoms with E-state index in [0.29, 0.717) is 18.5 Å². The molecule has 6 heteroatoms. The van der Waals surface area contributed by atoms with Crippen LogP contribution < -0.4 is 5.32 Å². The van der Waals surface area contributed by atoms with E-state index >= 15 is 0 Å². The third-order valence-electron chi connectivity index (χ3n) is 6.39. The topological polar surface area (TPSA) is 55.9 Å². The van der Waals surface area contributed by atoms with Crippen LogP contribution in [0.4, 0.5) is 0 Å². The van der Waals surface area contributed by atoms with Gasteiger partial charge in [0, 0.05) is 44.7 Å². The van der Waals surface area contributed by atoms with Crippen molar-refractivity contribution in [3.8, 4) is 0 Å². The van der Waals surface area contributed by atoms with Crippen molar-refractivity contribution >= 4 is 11.8 Å². The highest BCUT2D eigenvalue weighted by Crippen LogP contribution is 2.22. The number of nitrogens with zero attached hydrogens (tertiary/aromatic N) is 3. The van der Waals surface area contributed by atoms with Crippen LogP contribution in [0.1, 0.15) is 51.4 Å². The lowest BCUT2D eigenvalue weighted by atomic mass is 9.95. The minimum atomic E-state index is 0.126. The Hall–Kier alpha value is -1.14. The molecule has 1 unspecified atom stereocenters. The van der Waals surface area contributed by atoms with Crippen molar-refractivity contribution in [3.05, 3.63) is 0 Å². The highest BCUT2D eigenvalue weighted by Gasteiger charge is 2.31. The van der Waals surface area contributed by atoms with E-state index in [2.05, 4.69) is 15.1 Å². The van der Waals surface area contributed by atoms with Gasteiger partial charge in [-0.15, -0.1) is 0 Å². The second-order valence-corrected chi connectivity index (χ2v) is 8.26. The molecule has 3 heterocycles. The number of hydrogen-bond donors (Lipinski definition) is 1. The molecule has 6 nitrogen and oxygen atoms in total. The van der Waals surface area contributed by atoms with Crippen LogP contribution in [0, 0.1) is 5.92 Å². The van der Waals surface area contributed by atoms with E-state index in [4.69, 9.17) is 0 Å². The Morgan fingerprint density at radius 3 is 2.19 bits per heavy atom. The van der Waals surface area contributed by atoms with E-state index in [1.54, 1.807) is 0 Å². The van der Waals surface area contributed by atoms with E-state index in [0.717, 1.165) is 71.4 Å². The maximum atomic E-state index is 12.8. The Labute approximate surface area is 158 Å². The summed E-state index contributed by atoms with van der Waals surface area (Å²) in [6, 6.07) is 0.508. The van der Waals surface area contributed by atoms with Crippen LogP contribution in [0.15, 0.2) is 0 Å². The summed E-state index contributed by atoms with van der Waals surface area (Å²) in [5.41, 5.74) is 0. The summed E-state index contributed by atoms with van der Waals surface area (Å²) in [4.78, 5) is 31.8. The first-order valence-corrected chi connectivity index (χ1v) is 10.6. The maximum Gasteiger partial charge on any atom is 0.236 e. The number of amides is 2. The molecule has 26 heavy (non-hydrogen) atoms. The second kappa shape index (κ2) is 9.70. The Bertz CT molecular complexity index is 468. The quantitative estimate of drug-likeness (QED) is 0.817. The molecular formula is C20H36N4O2. The summed E-state index contributed by atoms with van der Waals surface area (Å²) in [6.07, 6.45) is 8.82. The molecule has 0 aliphatic carbocycles. The number of rotatable bonds is 4. The molecule has 0 spiro atoms. The lowest BCUT2D eigenvalue weighted by Gasteiger charge is -2.36. The van der Waals surface area contributed by atoms with Crippen LogP contribution in [0.3, 0.4) is 0 Å². The molecule has 3 saturated heterocycles. The number of piperidine rings is 2. The van der Waals surface area contributed by atoms with Gasteiger partial charge in [0.1, 0.15) is 0 Å². The van der Waals surface area contributed by atoms with Crippen molar-refractivity contribution in [2.24, 2.45) is 5.92 Å². The minimum Gasteiger partial charge on any atom is -0.342 e. The molecule has 0 saturated carbocycles. The first kappa shape index (κ1) is 19.6. The summed E-state index contributed by atoms with van der Waals surface area (Å²) in [7, 11) is 2.00. The number of hydrogen-bond acceptors (Lipinski definition) is 4. The standard InChI is InChI=1S/C20H36N4O2/c1-21-18-7-6-10-22(15-18)16-19(25)23-13-8-17(9-14-23)20(26)24-11-4-2-3-5-12-24/h17-18,21H,2-16H2,1H3. The van der Waals surface area contributed by atoms with Crippen molar-refractivity contribution in [2.45, 2.75) is 57.4 Å². The van der Waals surface area contributed by atoms with Gasteiger partial charge in [-0.25, -0.2) is 0 Å².